The third kappa shape index (κ3) is 4.97. The average molecular weight is 342 g/mol. The summed E-state index contributed by atoms with van der Waals surface area (Å²) < 4.78 is 10.3. The molecule has 0 radical (unpaired) electrons. The van der Waals surface area contributed by atoms with Crippen LogP contribution in [-0.2, 0) is 0 Å². The van der Waals surface area contributed by atoms with Crippen molar-refractivity contribution < 1.29 is 19.1 Å². The van der Waals surface area contributed by atoms with Gasteiger partial charge in [-0.05, 0) is 30.7 Å². The van der Waals surface area contributed by atoms with E-state index < -0.39 is 0 Å². The SMILES string of the molecule is COc1cc(OC)cc(C(=O)NCCNC(=O)c2ccccc2C)c1. The van der Waals surface area contributed by atoms with E-state index in [1.807, 2.05) is 25.1 Å². The van der Waals surface area contributed by atoms with Crippen LogP contribution in [0.3, 0.4) is 0 Å². The number of nitrogens with one attached hydrogen (secondary N) is 2. The Morgan fingerprint density at radius 2 is 1.44 bits per heavy atom. The first-order chi connectivity index (χ1) is 12.0. The number of carbonyl (C=O) groups is 2. The molecule has 2 amide bonds. The van der Waals surface area contributed by atoms with Crippen LogP contribution in [0, 0.1) is 6.92 Å². The lowest BCUT2D eigenvalue weighted by Crippen LogP contribution is -2.34. The topological polar surface area (TPSA) is 76.7 Å². The van der Waals surface area contributed by atoms with Crippen LogP contribution in [0.1, 0.15) is 26.3 Å². The van der Waals surface area contributed by atoms with Crippen LogP contribution >= 0.6 is 0 Å². The highest BCUT2D eigenvalue weighted by Gasteiger charge is 2.10. The normalized spacial score (nSPS) is 10.0. The van der Waals surface area contributed by atoms with Crippen molar-refractivity contribution >= 4 is 11.8 Å². The molecule has 0 saturated carbocycles. The lowest BCUT2D eigenvalue weighted by atomic mass is 10.1. The molecule has 0 bridgehead atoms. The Morgan fingerprint density at radius 1 is 0.880 bits per heavy atom. The summed E-state index contributed by atoms with van der Waals surface area (Å²) in [7, 11) is 3.05. The van der Waals surface area contributed by atoms with E-state index in [0.29, 0.717) is 35.7 Å². The largest absolute Gasteiger partial charge is 0.497 e. The minimum atomic E-state index is -0.262. The minimum Gasteiger partial charge on any atom is -0.497 e. The van der Waals surface area contributed by atoms with Gasteiger partial charge >= 0.3 is 0 Å². The fourth-order valence-corrected chi connectivity index (χ4v) is 2.32. The van der Waals surface area contributed by atoms with Crippen molar-refractivity contribution in [2.45, 2.75) is 6.92 Å². The second-order valence-electron chi connectivity index (χ2n) is 5.43. The summed E-state index contributed by atoms with van der Waals surface area (Å²) in [4.78, 5) is 24.3. The summed E-state index contributed by atoms with van der Waals surface area (Å²) in [6, 6.07) is 12.3. The highest BCUT2D eigenvalue weighted by molar-refractivity contribution is 5.96. The molecule has 0 aliphatic heterocycles. The molecule has 2 N–H and O–H groups in total. The zero-order valence-corrected chi connectivity index (χ0v) is 14.6. The van der Waals surface area contributed by atoms with Crippen molar-refractivity contribution in [3.05, 3.63) is 59.2 Å². The lowest BCUT2D eigenvalue weighted by Gasteiger charge is -2.10. The second kappa shape index (κ2) is 8.73. The standard InChI is InChI=1S/C19H22N2O4/c1-13-6-4-5-7-17(13)19(23)21-9-8-20-18(22)14-10-15(24-2)12-16(11-14)25-3/h4-7,10-12H,8-9H2,1-3H3,(H,20,22)(H,21,23). The van der Waals surface area contributed by atoms with E-state index >= 15 is 0 Å². The van der Waals surface area contributed by atoms with Gasteiger partial charge < -0.3 is 20.1 Å². The number of carbonyl (C=O) groups excluding carboxylic acids is 2. The summed E-state index contributed by atoms with van der Waals surface area (Å²) in [6.45, 7) is 2.53. The molecule has 0 aromatic heterocycles. The fraction of sp³-hybridized carbons (Fsp3) is 0.263. The number of ether oxygens (including phenoxy) is 2. The molecule has 0 fully saturated rings. The number of amides is 2. The summed E-state index contributed by atoms with van der Waals surface area (Å²) in [5.74, 6) is 0.660. The van der Waals surface area contributed by atoms with Crippen LogP contribution in [0.4, 0.5) is 0 Å². The van der Waals surface area contributed by atoms with Crippen LogP contribution in [0.2, 0.25) is 0 Å². The van der Waals surface area contributed by atoms with E-state index in [9.17, 15) is 9.59 Å². The Hall–Kier alpha value is -3.02. The minimum absolute atomic E-state index is 0.157. The van der Waals surface area contributed by atoms with Crippen LogP contribution in [0.15, 0.2) is 42.5 Å². The molecular formula is C19H22N2O4. The summed E-state index contributed by atoms with van der Waals surface area (Å²) in [6.07, 6.45) is 0. The molecule has 0 heterocycles. The van der Waals surface area contributed by atoms with Gasteiger partial charge in [0.1, 0.15) is 11.5 Å². The molecule has 132 valence electrons. The molecule has 0 aliphatic rings. The van der Waals surface area contributed by atoms with Crippen LogP contribution in [0.5, 0.6) is 11.5 Å². The highest BCUT2D eigenvalue weighted by Crippen LogP contribution is 2.22. The monoisotopic (exact) mass is 342 g/mol. The smallest absolute Gasteiger partial charge is 0.251 e. The van der Waals surface area contributed by atoms with Crippen molar-refractivity contribution in [1.29, 1.82) is 0 Å². The highest BCUT2D eigenvalue weighted by atomic mass is 16.5. The molecule has 2 aromatic rings. The number of aryl methyl sites for hydroxylation is 1. The molecule has 0 atom stereocenters. The van der Waals surface area contributed by atoms with E-state index in [-0.39, 0.29) is 11.8 Å². The van der Waals surface area contributed by atoms with Gasteiger partial charge in [-0.25, -0.2) is 0 Å². The maximum atomic E-state index is 12.2. The summed E-state index contributed by atoms with van der Waals surface area (Å²) in [5.41, 5.74) is 1.97. The maximum absolute atomic E-state index is 12.2. The molecule has 2 aromatic carbocycles. The van der Waals surface area contributed by atoms with Gasteiger partial charge in [0, 0.05) is 30.3 Å². The molecule has 2 rings (SSSR count). The summed E-state index contributed by atoms with van der Waals surface area (Å²) in [5, 5.41) is 5.55. The van der Waals surface area contributed by atoms with Crippen LogP contribution < -0.4 is 20.1 Å². The number of methoxy groups -OCH3 is 2. The molecule has 0 aliphatic carbocycles. The number of rotatable bonds is 7. The molecule has 6 heteroatoms. The number of hydrogen-bond donors (Lipinski definition) is 2. The van der Waals surface area contributed by atoms with Gasteiger partial charge in [-0.1, -0.05) is 18.2 Å². The zero-order valence-electron chi connectivity index (χ0n) is 14.6. The van der Waals surface area contributed by atoms with Crippen LogP contribution in [0.25, 0.3) is 0 Å². The molecular weight excluding hydrogens is 320 g/mol. The van der Waals surface area contributed by atoms with Gasteiger partial charge in [-0.15, -0.1) is 0 Å². The van der Waals surface area contributed by atoms with Crippen molar-refractivity contribution in [1.82, 2.24) is 10.6 Å². The Morgan fingerprint density at radius 3 is 2.00 bits per heavy atom. The first kappa shape index (κ1) is 18.3. The van der Waals surface area contributed by atoms with Gasteiger partial charge in [0.25, 0.3) is 11.8 Å². The first-order valence-corrected chi connectivity index (χ1v) is 7.90. The van der Waals surface area contributed by atoms with E-state index in [2.05, 4.69) is 10.6 Å². The first-order valence-electron chi connectivity index (χ1n) is 7.90. The molecule has 0 spiro atoms. The van der Waals surface area contributed by atoms with E-state index in [1.54, 1.807) is 24.3 Å². The zero-order chi connectivity index (χ0) is 18.2. The average Bonchev–Trinajstić information content (AvgIpc) is 2.64. The van der Waals surface area contributed by atoms with Gasteiger partial charge in [0.15, 0.2) is 0 Å². The van der Waals surface area contributed by atoms with Crippen LogP contribution in [-0.4, -0.2) is 39.1 Å². The van der Waals surface area contributed by atoms with Gasteiger partial charge in [0.05, 0.1) is 14.2 Å². The third-order valence-corrected chi connectivity index (χ3v) is 3.70. The Balaban J connectivity index is 1.87. The Labute approximate surface area is 147 Å². The predicted molar refractivity (Wildman–Crippen MR) is 95.4 cm³/mol. The number of hydrogen-bond acceptors (Lipinski definition) is 4. The van der Waals surface area contributed by atoms with Crippen molar-refractivity contribution in [3.8, 4) is 11.5 Å². The van der Waals surface area contributed by atoms with E-state index in [1.165, 1.54) is 14.2 Å². The molecule has 6 nitrogen and oxygen atoms in total. The van der Waals surface area contributed by atoms with Crippen molar-refractivity contribution in [3.63, 3.8) is 0 Å². The van der Waals surface area contributed by atoms with Gasteiger partial charge in [0.2, 0.25) is 0 Å². The van der Waals surface area contributed by atoms with E-state index in [4.69, 9.17) is 9.47 Å². The number of benzene rings is 2. The molecule has 25 heavy (non-hydrogen) atoms. The van der Waals surface area contributed by atoms with Gasteiger partial charge in [-0.3, -0.25) is 9.59 Å². The van der Waals surface area contributed by atoms with E-state index in [0.717, 1.165) is 5.56 Å². The third-order valence-electron chi connectivity index (χ3n) is 3.70. The van der Waals surface area contributed by atoms with Crippen molar-refractivity contribution in [2.24, 2.45) is 0 Å². The Kier molecular flexibility index (Phi) is 6.39. The quantitative estimate of drug-likeness (QED) is 0.756. The van der Waals surface area contributed by atoms with Gasteiger partial charge in [-0.2, -0.15) is 0 Å². The lowest BCUT2D eigenvalue weighted by molar-refractivity contribution is 0.0927. The fourth-order valence-electron chi connectivity index (χ4n) is 2.32. The molecule has 0 saturated heterocycles. The second-order valence-corrected chi connectivity index (χ2v) is 5.43. The predicted octanol–water partition coefficient (Wildman–Crippen LogP) is 2.17. The van der Waals surface area contributed by atoms with Crippen molar-refractivity contribution in [2.75, 3.05) is 27.3 Å². The summed E-state index contributed by atoms with van der Waals surface area (Å²) >= 11 is 0. The Bertz CT molecular complexity index is 737. The molecule has 0 unspecified atom stereocenters. The maximum Gasteiger partial charge on any atom is 0.251 e.